The summed E-state index contributed by atoms with van der Waals surface area (Å²) in [7, 11) is 0. The summed E-state index contributed by atoms with van der Waals surface area (Å²) in [4.78, 5) is 12.0. The number of amides is 1. The van der Waals surface area contributed by atoms with Crippen molar-refractivity contribution in [2.75, 3.05) is 0 Å². The number of hydrogen-bond donors (Lipinski definition) is 1. The van der Waals surface area contributed by atoms with Gasteiger partial charge in [-0.3, -0.25) is 4.79 Å². The fraction of sp³-hybridized carbons (Fsp3) is 0.462. The van der Waals surface area contributed by atoms with E-state index < -0.39 is 0 Å². The van der Waals surface area contributed by atoms with Gasteiger partial charge in [0.1, 0.15) is 5.82 Å². The van der Waals surface area contributed by atoms with Gasteiger partial charge in [-0.2, -0.15) is 0 Å². The van der Waals surface area contributed by atoms with Crippen LogP contribution in [0.3, 0.4) is 0 Å². The normalized spacial score (nSPS) is 17.4. The number of rotatable bonds is 2. The Labute approximate surface area is 109 Å². The van der Waals surface area contributed by atoms with Crippen LogP contribution in [0, 0.1) is 12.7 Å². The summed E-state index contributed by atoms with van der Waals surface area (Å²) in [6, 6.07) is 2.95. The second-order valence-corrected chi connectivity index (χ2v) is 5.79. The van der Waals surface area contributed by atoms with Gasteiger partial charge in [-0.25, -0.2) is 4.39 Å². The fourth-order valence-corrected chi connectivity index (χ4v) is 2.39. The van der Waals surface area contributed by atoms with E-state index >= 15 is 0 Å². The fourth-order valence-electron chi connectivity index (χ4n) is 1.95. The van der Waals surface area contributed by atoms with E-state index in [-0.39, 0.29) is 17.3 Å². The molecule has 0 bridgehead atoms. The molecule has 1 aromatic rings. The van der Waals surface area contributed by atoms with Crippen LogP contribution in [-0.4, -0.2) is 11.4 Å². The topological polar surface area (TPSA) is 29.1 Å². The van der Waals surface area contributed by atoms with Crippen molar-refractivity contribution in [1.82, 2.24) is 5.32 Å². The zero-order chi connectivity index (χ0) is 12.6. The monoisotopic (exact) mass is 299 g/mol. The summed E-state index contributed by atoms with van der Waals surface area (Å²) in [5.41, 5.74) is 0.787. The minimum absolute atomic E-state index is 0.106. The molecule has 92 valence electrons. The predicted octanol–water partition coefficient (Wildman–Crippen LogP) is 3.57. The molecule has 0 heterocycles. The molecule has 0 radical (unpaired) electrons. The third-order valence-corrected chi connectivity index (χ3v) is 4.24. The van der Waals surface area contributed by atoms with E-state index in [4.69, 9.17) is 0 Å². The summed E-state index contributed by atoms with van der Waals surface area (Å²) in [5.74, 6) is -0.560. The summed E-state index contributed by atoms with van der Waals surface area (Å²) in [6.07, 6.45) is 3.13. The second-order valence-electron chi connectivity index (χ2n) is 4.93. The average molecular weight is 300 g/mol. The number of carbonyl (C=O) groups excluding carboxylic acids is 1. The molecule has 1 fully saturated rings. The largest absolute Gasteiger partial charge is 0.347 e. The molecular formula is C13H15BrFNO. The van der Waals surface area contributed by atoms with Gasteiger partial charge in [-0.15, -0.1) is 0 Å². The van der Waals surface area contributed by atoms with Gasteiger partial charge < -0.3 is 5.32 Å². The zero-order valence-electron chi connectivity index (χ0n) is 9.94. The minimum Gasteiger partial charge on any atom is -0.347 e. The van der Waals surface area contributed by atoms with Crippen LogP contribution in [0.2, 0.25) is 0 Å². The van der Waals surface area contributed by atoms with Crippen LogP contribution < -0.4 is 5.32 Å². The molecule has 0 atom stereocenters. The second kappa shape index (κ2) is 4.41. The molecule has 0 unspecified atom stereocenters. The van der Waals surface area contributed by atoms with E-state index in [1.54, 1.807) is 13.0 Å². The molecule has 0 saturated heterocycles. The van der Waals surface area contributed by atoms with E-state index in [9.17, 15) is 9.18 Å². The summed E-state index contributed by atoms with van der Waals surface area (Å²) < 4.78 is 14.1. The lowest BCUT2D eigenvalue weighted by Crippen LogP contribution is -2.50. The van der Waals surface area contributed by atoms with Gasteiger partial charge in [0.25, 0.3) is 5.91 Å². The first-order chi connectivity index (χ1) is 7.91. The van der Waals surface area contributed by atoms with Crippen molar-refractivity contribution in [2.24, 2.45) is 0 Å². The van der Waals surface area contributed by atoms with Crippen molar-refractivity contribution in [3.05, 3.63) is 33.5 Å². The Hall–Kier alpha value is -0.900. The Balaban J connectivity index is 2.19. The van der Waals surface area contributed by atoms with Crippen molar-refractivity contribution in [1.29, 1.82) is 0 Å². The van der Waals surface area contributed by atoms with Crippen molar-refractivity contribution >= 4 is 21.8 Å². The molecule has 1 amide bonds. The van der Waals surface area contributed by atoms with Crippen molar-refractivity contribution in [3.63, 3.8) is 0 Å². The summed E-state index contributed by atoms with van der Waals surface area (Å²) in [6.45, 7) is 3.70. The molecule has 0 spiro atoms. The van der Waals surface area contributed by atoms with Crippen LogP contribution in [0.5, 0.6) is 0 Å². The van der Waals surface area contributed by atoms with Gasteiger partial charge in [0.15, 0.2) is 0 Å². The number of nitrogens with one attached hydrogen (secondary N) is 1. The maximum absolute atomic E-state index is 13.5. The van der Waals surface area contributed by atoms with Gasteiger partial charge >= 0.3 is 0 Å². The minimum atomic E-state index is -0.358. The Bertz CT molecular complexity index is 445. The van der Waals surface area contributed by atoms with E-state index in [2.05, 4.69) is 21.2 Å². The quantitative estimate of drug-likeness (QED) is 0.889. The van der Waals surface area contributed by atoms with E-state index in [1.807, 2.05) is 6.92 Å². The van der Waals surface area contributed by atoms with Gasteiger partial charge in [0, 0.05) is 15.6 Å². The molecule has 1 aliphatic carbocycles. The molecule has 2 nitrogen and oxygen atoms in total. The third-order valence-electron chi connectivity index (χ3n) is 3.42. The van der Waals surface area contributed by atoms with Crippen molar-refractivity contribution < 1.29 is 9.18 Å². The smallest absolute Gasteiger partial charge is 0.251 e. The Morgan fingerprint density at radius 1 is 1.47 bits per heavy atom. The molecule has 0 aromatic heterocycles. The zero-order valence-corrected chi connectivity index (χ0v) is 11.5. The van der Waals surface area contributed by atoms with E-state index in [1.165, 1.54) is 6.07 Å². The lowest BCUT2D eigenvalue weighted by atomic mass is 9.78. The van der Waals surface area contributed by atoms with Gasteiger partial charge in [0.05, 0.1) is 0 Å². The highest BCUT2D eigenvalue weighted by Crippen LogP contribution is 2.31. The lowest BCUT2D eigenvalue weighted by molar-refractivity contribution is 0.0850. The molecule has 2 rings (SSSR count). The van der Waals surface area contributed by atoms with Crippen LogP contribution in [0.25, 0.3) is 0 Å². The van der Waals surface area contributed by atoms with E-state index in [0.717, 1.165) is 19.3 Å². The van der Waals surface area contributed by atoms with Gasteiger partial charge in [-0.1, -0.05) is 15.9 Å². The highest BCUT2D eigenvalue weighted by Gasteiger charge is 2.33. The first-order valence-corrected chi connectivity index (χ1v) is 6.49. The molecule has 1 N–H and O–H groups in total. The van der Waals surface area contributed by atoms with Crippen LogP contribution in [0.1, 0.15) is 42.1 Å². The molecule has 1 aliphatic rings. The van der Waals surface area contributed by atoms with Crippen molar-refractivity contribution in [3.8, 4) is 0 Å². The molecule has 0 aliphatic heterocycles. The standard InChI is InChI=1S/C13H15BrFNO/c1-8-10(14)6-9(7-11(8)15)12(17)16-13(2)4-3-5-13/h6-7H,3-5H2,1-2H3,(H,16,17). The molecule has 1 saturated carbocycles. The van der Waals surface area contributed by atoms with Crippen LogP contribution >= 0.6 is 15.9 Å². The maximum atomic E-state index is 13.5. The lowest BCUT2D eigenvalue weighted by Gasteiger charge is -2.39. The van der Waals surface area contributed by atoms with Crippen LogP contribution in [0.15, 0.2) is 16.6 Å². The Kier molecular flexibility index (Phi) is 3.25. The molecule has 4 heteroatoms. The van der Waals surface area contributed by atoms with Crippen LogP contribution in [-0.2, 0) is 0 Å². The molecule has 1 aromatic carbocycles. The Morgan fingerprint density at radius 3 is 2.59 bits per heavy atom. The number of benzene rings is 1. The van der Waals surface area contributed by atoms with Crippen LogP contribution in [0.4, 0.5) is 4.39 Å². The summed E-state index contributed by atoms with van der Waals surface area (Å²) >= 11 is 3.26. The van der Waals surface area contributed by atoms with Crippen molar-refractivity contribution in [2.45, 2.75) is 38.6 Å². The number of hydrogen-bond acceptors (Lipinski definition) is 1. The number of halogens is 2. The average Bonchev–Trinajstić information content (AvgIpc) is 2.22. The number of carbonyl (C=O) groups is 1. The predicted molar refractivity (Wildman–Crippen MR) is 68.6 cm³/mol. The highest BCUT2D eigenvalue weighted by molar-refractivity contribution is 9.10. The summed E-state index contributed by atoms with van der Waals surface area (Å²) in [5, 5.41) is 2.96. The maximum Gasteiger partial charge on any atom is 0.251 e. The van der Waals surface area contributed by atoms with Gasteiger partial charge in [-0.05, 0) is 50.8 Å². The van der Waals surface area contributed by atoms with E-state index in [0.29, 0.717) is 15.6 Å². The Morgan fingerprint density at radius 2 is 2.12 bits per heavy atom. The first kappa shape index (κ1) is 12.6. The SMILES string of the molecule is Cc1c(F)cc(C(=O)NC2(C)CCC2)cc1Br. The molecule has 17 heavy (non-hydrogen) atoms. The highest BCUT2D eigenvalue weighted by atomic mass is 79.9. The third kappa shape index (κ3) is 2.51. The van der Waals surface area contributed by atoms with Gasteiger partial charge in [0.2, 0.25) is 0 Å². The molecular weight excluding hydrogens is 285 g/mol. The first-order valence-electron chi connectivity index (χ1n) is 5.69.